The first-order valence-corrected chi connectivity index (χ1v) is 6.13. The average Bonchev–Trinajstić information content (AvgIpc) is 2.37. The number of methoxy groups -OCH3 is 1. The Balaban J connectivity index is 2.69. The van der Waals surface area contributed by atoms with Crippen molar-refractivity contribution in [2.45, 2.75) is 19.8 Å². The van der Waals surface area contributed by atoms with Crippen LogP contribution in [0.3, 0.4) is 0 Å². The van der Waals surface area contributed by atoms with Crippen LogP contribution in [0.2, 0.25) is 0 Å². The minimum absolute atomic E-state index is 0.0132. The molecule has 1 aromatic carbocycles. The van der Waals surface area contributed by atoms with Crippen LogP contribution in [0.25, 0.3) is 11.1 Å². The molecular weight excluding hydrogens is 242 g/mol. The molecule has 0 fully saturated rings. The average molecular weight is 259 g/mol. The zero-order valence-corrected chi connectivity index (χ0v) is 11.2. The van der Waals surface area contributed by atoms with E-state index in [1.807, 2.05) is 38.1 Å². The molecule has 19 heavy (non-hydrogen) atoms. The Morgan fingerprint density at radius 2 is 2.00 bits per heavy atom. The Morgan fingerprint density at radius 3 is 2.63 bits per heavy atom. The monoisotopic (exact) mass is 259 g/mol. The molecule has 0 aliphatic rings. The van der Waals surface area contributed by atoms with Gasteiger partial charge in [0.2, 0.25) is 0 Å². The first-order valence-electron chi connectivity index (χ1n) is 6.13. The predicted molar refractivity (Wildman–Crippen MR) is 74.8 cm³/mol. The zero-order valence-electron chi connectivity index (χ0n) is 11.2. The van der Waals surface area contributed by atoms with E-state index >= 15 is 0 Å². The van der Waals surface area contributed by atoms with Crippen LogP contribution < -0.4 is 10.3 Å². The number of ether oxygens (including phenoxy) is 1. The second-order valence-corrected chi connectivity index (χ2v) is 4.69. The van der Waals surface area contributed by atoms with E-state index in [-0.39, 0.29) is 17.2 Å². The highest BCUT2D eigenvalue weighted by atomic mass is 16.5. The number of benzene rings is 1. The molecule has 0 amide bonds. The van der Waals surface area contributed by atoms with Crippen molar-refractivity contribution >= 4 is 0 Å². The summed E-state index contributed by atoms with van der Waals surface area (Å²) in [7, 11) is 1.59. The van der Waals surface area contributed by atoms with E-state index in [0.29, 0.717) is 11.3 Å². The molecule has 0 spiro atoms. The number of rotatable bonds is 3. The summed E-state index contributed by atoms with van der Waals surface area (Å²) in [5.41, 5.74) is 1.89. The Kier molecular flexibility index (Phi) is 3.60. The number of aromatic amines is 1. The molecule has 0 radical (unpaired) electrons. The number of H-pyrrole nitrogens is 1. The Labute approximate surface area is 111 Å². The van der Waals surface area contributed by atoms with Gasteiger partial charge in [-0.25, -0.2) is 0 Å². The highest BCUT2D eigenvalue weighted by Crippen LogP contribution is 2.35. The van der Waals surface area contributed by atoms with Gasteiger partial charge in [0, 0.05) is 17.3 Å². The van der Waals surface area contributed by atoms with Crippen LogP contribution in [0.4, 0.5) is 0 Å². The molecule has 1 heterocycles. The van der Waals surface area contributed by atoms with Crippen molar-refractivity contribution in [2.24, 2.45) is 0 Å². The minimum atomic E-state index is -0.298. The highest BCUT2D eigenvalue weighted by Gasteiger charge is 2.15. The van der Waals surface area contributed by atoms with Crippen molar-refractivity contribution < 1.29 is 9.84 Å². The molecule has 1 aromatic heterocycles. The minimum Gasteiger partial charge on any atom is -0.507 e. The van der Waals surface area contributed by atoms with Gasteiger partial charge < -0.3 is 14.8 Å². The second-order valence-electron chi connectivity index (χ2n) is 4.69. The third kappa shape index (κ3) is 2.62. The van der Waals surface area contributed by atoms with Crippen molar-refractivity contribution in [3.05, 3.63) is 46.4 Å². The Morgan fingerprint density at radius 1 is 1.26 bits per heavy atom. The molecule has 0 atom stereocenters. The van der Waals surface area contributed by atoms with Gasteiger partial charge in [-0.1, -0.05) is 26.0 Å². The zero-order chi connectivity index (χ0) is 14.0. The van der Waals surface area contributed by atoms with Gasteiger partial charge in [-0.2, -0.15) is 0 Å². The highest BCUT2D eigenvalue weighted by molar-refractivity contribution is 5.73. The fourth-order valence-electron chi connectivity index (χ4n) is 2.08. The van der Waals surface area contributed by atoms with Crippen molar-refractivity contribution in [1.82, 2.24) is 4.98 Å². The molecule has 0 unspecified atom stereocenters. The summed E-state index contributed by atoms with van der Waals surface area (Å²) in [4.78, 5) is 14.3. The smallest absolute Gasteiger partial charge is 0.251 e. The van der Waals surface area contributed by atoms with E-state index in [4.69, 9.17) is 4.74 Å². The van der Waals surface area contributed by atoms with Gasteiger partial charge in [-0.15, -0.1) is 0 Å². The lowest BCUT2D eigenvalue weighted by molar-refractivity contribution is 0.415. The van der Waals surface area contributed by atoms with Gasteiger partial charge in [-0.05, 0) is 23.6 Å². The van der Waals surface area contributed by atoms with Gasteiger partial charge in [0.1, 0.15) is 11.5 Å². The van der Waals surface area contributed by atoms with Crippen molar-refractivity contribution in [1.29, 1.82) is 0 Å². The maximum Gasteiger partial charge on any atom is 0.251 e. The summed E-state index contributed by atoms with van der Waals surface area (Å²) in [6.45, 7) is 3.93. The van der Waals surface area contributed by atoms with Gasteiger partial charge in [0.25, 0.3) is 5.56 Å². The van der Waals surface area contributed by atoms with Gasteiger partial charge in [0.05, 0.1) is 7.11 Å². The normalized spacial score (nSPS) is 10.7. The van der Waals surface area contributed by atoms with E-state index in [0.717, 1.165) is 11.3 Å². The first kappa shape index (κ1) is 13.2. The summed E-state index contributed by atoms with van der Waals surface area (Å²) in [6, 6.07) is 8.59. The van der Waals surface area contributed by atoms with E-state index in [1.54, 1.807) is 7.11 Å². The van der Waals surface area contributed by atoms with Gasteiger partial charge in [0.15, 0.2) is 0 Å². The van der Waals surface area contributed by atoms with E-state index in [1.165, 1.54) is 6.07 Å². The standard InChI is InChI=1S/C15H17NO3/c1-9(2)15-14(12(17)8-13(18)16-15)10-5-4-6-11(7-10)19-3/h4-9H,1-3H3,(H2,16,17,18). The van der Waals surface area contributed by atoms with Gasteiger partial charge in [-0.3, -0.25) is 4.79 Å². The quantitative estimate of drug-likeness (QED) is 0.891. The van der Waals surface area contributed by atoms with Crippen molar-refractivity contribution in [2.75, 3.05) is 7.11 Å². The van der Waals surface area contributed by atoms with Crippen LogP contribution in [0, 0.1) is 0 Å². The molecule has 100 valence electrons. The molecule has 2 rings (SSSR count). The fraction of sp³-hybridized carbons (Fsp3) is 0.267. The van der Waals surface area contributed by atoms with E-state index in [9.17, 15) is 9.90 Å². The number of pyridine rings is 1. The number of nitrogens with one attached hydrogen (secondary N) is 1. The largest absolute Gasteiger partial charge is 0.507 e. The third-order valence-electron chi connectivity index (χ3n) is 2.99. The topological polar surface area (TPSA) is 62.3 Å². The molecule has 2 N–H and O–H groups in total. The van der Waals surface area contributed by atoms with E-state index in [2.05, 4.69) is 4.98 Å². The lowest BCUT2D eigenvalue weighted by Crippen LogP contribution is -2.10. The summed E-state index contributed by atoms with van der Waals surface area (Å²) < 4.78 is 5.19. The maximum atomic E-state index is 11.5. The molecule has 2 aromatic rings. The molecule has 0 aliphatic heterocycles. The number of aromatic hydroxyl groups is 1. The summed E-state index contributed by atoms with van der Waals surface area (Å²) in [6.07, 6.45) is 0. The predicted octanol–water partition coefficient (Wildman–Crippen LogP) is 2.88. The van der Waals surface area contributed by atoms with Crippen molar-refractivity contribution in [3.8, 4) is 22.6 Å². The SMILES string of the molecule is COc1cccc(-c2c(O)cc(=O)[nH]c2C(C)C)c1. The second kappa shape index (κ2) is 5.18. The van der Waals surface area contributed by atoms with Crippen LogP contribution >= 0.6 is 0 Å². The summed E-state index contributed by atoms with van der Waals surface area (Å²) >= 11 is 0. The first-order chi connectivity index (χ1) is 9.02. The number of hydrogen-bond donors (Lipinski definition) is 2. The van der Waals surface area contributed by atoms with Gasteiger partial charge >= 0.3 is 0 Å². The number of aromatic nitrogens is 1. The molecule has 0 bridgehead atoms. The summed E-state index contributed by atoms with van der Waals surface area (Å²) in [5.74, 6) is 0.791. The van der Waals surface area contributed by atoms with Crippen LogP contribution in [0.5, 0.6) is 11.5 Å². The number of hydrogen-bond acceptors (Lipinski definition) is 3. The fourth-order valence-corrected chi connectivity index (χ4v) is 2.08. The Bertz CT molecular complexity index is 644. The van der Waals surface area contributed by atoms with Crippen LogP contribution in [0.1, 0.15) is 25.5 Å². The molecule has 0 saturated heterocycles. The molecule has 0 aliphatic carbocycles. The molecular formula is C15H17NO3. The molecule has 0 saturated carbocycles. The third-order valence-corrected chi connectivity index (χ3v) is 2.99. The van der Waals surface area contributed by atoms with Crippen LogP contribution in [0.15, 0.2) is 35.1 Å². The maximum absolute atomic E-state index is 11.5. The summed E-state index contributed by atoms with van der Waals surface area (Å²) in [5, 5.41) is 10.1. The van der Waals surface area contributed by atoms with Crippen molar-refractivity contribution in [3.63, 3.8) is 0 Å². The lowest BCUT2D eigenvalue weighted by atomic mass is 9.96. The lowest BCUT2D eigenvalue weighted by Gasteiger charge is -2.14. The Hall–Kier alpha value is -2.23. The van der Waals surface area contributed by atoms with E-state index < -0.39 is 0 Å². The van der Waals surface area contributed by atoms with Crippen LogP contribution in [-0.2, 0) is 0 Å². The molecule has 4 heteroatoms. The molecule has 4 nitrogen and oxygen atoms in total. The van der Waals surface area contributed by atoms with Crippen LogP contribution in [-0.4, -0.2) is 17.2 Å².